The molecule has 0 aliphatic rings. The third kappa shape index (κ3) is 2.68. The van der Waals surface area contributed by atoms with Crippen molar-refractivity contribution in [2.24, 2.45) is 0 Å². The summed E-state index contributed by atoms with van der Waals surface area (Å²) in [6.45, 7) is 0. The number of hydrogen-bond acceptors (Lipinski definition) is 6. The fourth-order valence-electron chi connectivity index (χ4n) is 1.23. The van der Waals surface area contributed by atoms with Gasteiger partial charge in [-0.25, -0.2) is 9.37 Å². The molecule has 0 aliphatic carbocycles. The van der Waals surface area contributed by atoms with Crippen molar-refractivity contribution in [1.29, 1.82) is 0 Å². The lowest BCUT2D eigenvalue weighted by atomic mass is 10.3. The summed E-state index contributed by atoms with van der Waals surface area (Å²) in [4.78, 5) is 17.0. The number of nitro groups is 1. The number of nitrogens with two attached hydrogens (primary N) is 1. The SMILES string of the molecule is Nc1ncnc(Oc2ccc([N+](=O)[O-])cc2F)c1Cl. The van der Waals surface area contributed by atoms with Crippen LogP contribution in [0.15, 0.2) is 24.5 Å². The second-order valence-electron chi connectivity index (χ2n) is 3.35. The van der Waals surface area contributed by atoms with Crippen molar-refractivity contribution in [1.82, 2.24) is 9.97 Å². The zero-order chi connectivity index (χ0) is 14.0. The van der Waals surface area contributed by atoms with Crippen LogP contribution in [0, 0.1) is 15.9 Å². The Labute approximate surface area is 111 Å². The highest BCUT2D eigenvalue weighted by Crippen LogP contribution is 2.32. The van der Waals surface area contributed by atoms with Crippen LogP contribution in [0.1, 0.15) is 0 Å². The molecule has 2 rings (SSSR count). The number of nitrogens with zero attached hydrogens (tertiary/aromatic N) is 3. The van der Waals surface area contributed by atoms with Crippen LogP contribution >= 0.6 is 11.6 Å². The van der Waals surface area contributed by atoms with Gasteiger partial charge in [-0.15, -0.1) is 0 Å². The lowest BCUT2D eigenvalue weighted by Crippen LogP contribution is -1.98. The number of non-ortho nitro benzene ring substituents is 1. The summed E-state index contributed by atoms with van der Waals surface area (Å²) in [7, 11) is 0. The van der Waals surface area contributed by atoms with E-state index in [2.05, 4.69) is 9.97 Å². The normalized spacial score (nSPS) is 10.2. The molecule has 0 aliphatic heterocycles. The number of hydrogen-bond donors (Lipinski definition) is 1. The Hall–Kier alpha value is -2.48. The van der Waals surface area contributed by atoms with Crippen molar-refractivity contribution >= 4 is 23.1 Å². The monoisotopic (exact) mass is 284 g/mol. The van der Waals surface area contributed by atoms with Crippen molar-refractivity contribution in [2.75, 3.05) is 5.73 Å². The van der Waals surface area contributed by atoms with E-state index in [1.54, 1.807) is 0 Å². The van der Waals surface area contributed by atoms with Gasteiger partial charge in [0.1, 0.15) is 17.2 Å². The van der Waals surface area contributed by atoms with Crippen molar-refractivity contribution in [3.05, 3.63) is 45.5 Å². The Kier molecular flexibility index (Phi) is 3.43. The second kappa shape index (κ2) is 5.02. The van der Waals surface area contributed by atoms with Gasteiger partial charge in [0.2, 0.25) is 5.88 Å². The molecule has 9 heteroatoms. The van der Waals surface area contributed by atoms with Gasteiger partial charge in [0.15, 0.2) is 11.6 Å². The fraction of sp³-hybridized carbons (Fsp3) is 0. The lowest BCUT2D eigenvalue weighted by molar-refractivity contribution is -0.385. The van der Waals surface area contributed by atoms with E-state index in [1.807, 2.05) is 0 Å². The first kappa shape index (κ1) is 13.0. The third-order valence-electron chi connectivity index (χ3n) is 2.12. The average molecular weight is 285 g/mol. The van der Waals surface area contributed by atoms with E-state index in [1.165, 1.54) is 0 Å². The van der Waals surface area contributed by atoms with Crippen LogP contribution in [-0.4, -0.2) is 14.9 Å². The molecule has 0 radical (unpaired) electrons. The number of nitrogen functional groups attached to an aromatic ring is 1. The van der Waals surface area contributed by atoms with E-state index >= 15 is 0 Å². The summed E-state index contributed by atoms with van der Waals surface area (Å²) in [5, 5.41) is 10.4. The standard InChI is InChI=1S/C10H6ClFN4O3/c11-8-9(13)14-4-15-10(8)19-7-2-1-5(16(17)18)3-6(7)12/h1-4H,(H2,13,14,15). The largest absolute Gasteiger partial charge is 0.434 e. The van der Waals surface area contributed by atoms with Crippen molar-refractivity contribution in [3.63, 3.8) is 0 Å². The molecule has 0 atom stereocenters. The van der Waals surface area contributed by atoms with Gasteiger partial charge in [-0.3, -0.25) is 10.1 Å². The molecule has 0 bridgehead atoms. The number of ether oxygens (including phenoxy) is 1. The lowest BCUT2D eigenvalue weighted by Gasteiger charge is -2.07. The van der Waals surface area contributed by atoms with Gasteiger partial charge in [-0.2, -0.15) is 4.98 Å². The summed E-state index contributed by atoms with van der Waals surface area (Å²) in [5.41, 5.74) is 5.04. The van der Waals surface area contributed by atoms with Crippen LogP contribution in [0.25, 0.3) is 0 Å². The molecule has 0 spiro atoms. The van der Waals surface area contributed by atoms with Crippen LogP contribution in [0.4, 0.5) is 15.9 Å². The molecule has 0 amide bonds. The number of halogens is 2. The molecule has 2 aromatic rings. The first-order chi connectivity index (χ1) is 8.99. The highest BCUT2D eigenvalue weighted by Gasteiger charge is 2.15. The van der Waals surface area contributed by atoms with Gasteiger partial charge >= 0.3 is 0 Å². The maximum Gasteiger partial charge on any atom is 0.272 e. The molecule has 98 valence electrons. The zero-order valence-electron chi connectivity index (χ0n) is 9.21. The molecule has 1 aromatic carbocycles. The van der Waals surface area contributed by atoms with Crippen molar-refractivity contribution in [3.8, 4) is 11.6 Å². The van der Waals surface area contributed by atoms with E-state index in [0.717, 1.165) is 24.5 Å². The second-order valence-corrected chi connectivity index (χ2v) is 3.73. The van der Waals surface area contributed by atoms with Crippen molar-refractivity contribution in [2.45, 2.75) is 0 Å². The Bertz CT molecular complexity index is 653. The van der Waals surface area contributed by atoms with E-state index in [4.69, 9.17) is 22.1 Å². The summed E-state index contributed by atoms with van der Waals surface area (Å²) >= 11 is 5.77. The van der Waals surface area contributed by atoms with Crippen LogP contribution in [0.3, 0.4) is 0 Å². The van der Waals surface area contributed by atoms with E-state index in [-0.39, 0.29) is 22.5 Å². The first-order valence-corrected chi connectivity index (χ1v) is 5.24. The summed E-state index contributed by atoms with van der Waals surface area (Å²) < 4.78 is 18.7. The molecular formula is C10H6ClFN4O3. The molecule has 0 unspecified atom stereocenters. The molecule has 2 N–H and O–H groups in total. The van der Waals surface area contributed by atoms with Gasteiger partial charge in [0.25, 0.3) is 5.69 Å². The number of anilines is 1. The molecule has 19 heavy (non-hydrogen) atoms. The molecule has 1 aromatic heterocycles. The Morgan fingerprint density at radius 3 is 2.79 bits per heavy atom. The van der Waals surface area contributed by atoms with Crippen LogP contribution < -0.4 is 10.5 Å². The maximum atomic E-state index is 13.6. The van der Waals surface area contributed by atoms with Crippen LogP contribution in [-0.2, 0) is 0 Å². The quantitative estimate of drug-likeness (QED) is 0.686. The number of nitro benzene ring substituents is 1. The number of rotatable bonds is 3. The predicted molar refractivity (Wildman–Crippen MR) is 64.6 cm³/mol. The van der Waals surface area contributed by atoms with E-state index < -0.39 is 16.4 Å². The molecule has 0 fully saturated rings. The van der Waals surface area contributed by atoms with Gasteiger partial charge in [-0.1, -0.05) is 11.6 Å². The highest BCUT2D eigenvalue weighted by molar-refractivity contribution is 6.34. The third-order valence-corrected chi connectivity index (χ3v) is 2.47. The Balaban J connectivity index is 2.34. The molecular weight excluding hydrogens is 279 g/mol. The molecule has 1 heterocycles. The summed E-state index contributed by atoms with van der Waals surface area (Å²) in [6, 6.07) is 2.92. The minimum Gasteiger partial charge on any atom is -0.434 e. The molecule has 0 saturated carbocycles. The van der Waals surface area contributed by atoms with Crippen LogP contribution in [0.5, 0.6) is 11.6 Å². The maximum absolute atomic E-state index is 13.6. The first-order valence-electron chi connectivity index (χ1n) is 4.87. The van der Waals surface area contributed by atoms with Gasteiger partial charge in [-0.05, 0) is 6.07 Å². The number of aromatic nitrogens is 2. The average Bonchev–Trinajstić information content (AvgIpc) is 2.37. The fourth-order valence-corrected chi connectivity index (χ4v) is 1.36. The smallest absolute Gasteiger partial charge is 0.272 e. The van der Waals surface area contributed by atoms with Crippen LogP contribution in [0.2, 0.25) is 5.02 Å². The zero-order valence-corrected chi connectivity index (χ0v) is 9.96. The summed E-state index contributed by atoms with van der Waals surface area (Å²) in [6.07, 6.45) is 1.10. The Morgan fingerprint density at radius 2 is 2.16 bits per heavy atom. The highest BCUT2D eigenvalue weighted by atomic mass is 35.5. The minimum absolute atomic E-state index is 0.0195. The topological polar surface area (TPSA) is 104 Å². The summed E-state index contributed by atoms with van der Waals surface area (Å²) in [5.74, 6) is -1.33. The molecule has 7 nitrogen and oxygen atoms in total. The number of benzene rings is 1. The van der Waals surface area contributed by atoms with E-state index in [0.29, 0.717) is 0 Å². The Morgan fingerprint density at radius 1 is 1.42 bits per heavy atom. The van der Waals surface area contributed by atoms with Crippen molar-refractivity contribution < 1.29 is 14.1 Å². The van der Waals surface area contributed by atoms with Gasteiger partial charge < -0.3 is 10.5 Å². The molecule has 0 saturated heterocycles. The van der Waals surface area contributed by atoms with Gasteiger partial charge in [0, 0.05) is 6.07 Å². The predicted octanol–water partition coefficient (Wildman–Crippen LogP) is 2.55. The van der Waals surface area contributed by atoms with E-state index in [9.17, 15) is 14.5 Å². The minimum atomic E-state index is -0.914. The van der Waals surface area contributed by atoms with Gasteiger partial charge in [0.05, 0.1) is 11.0 Å².